The fourth-order valence-corrected chi connectivity index (χ4v) is 12.8. The van der Waals surface area contributed by atoms with Gasteiger partial charge >= 0.3 is 34.4 Å². The van der Waals surface area contributed by atoms with E-state index in [0.29, 0.717) is 13.0 Å². The van der Waals surface area contributed by atoms with Crippen LogP contribution in [0.1, 0.15) is 65.2 Å². The van der Waals surface area contributed by atoms with Crippen LogP contribution in [0.15, 0.2) is 0 Å². The van der Waals surface area contributed by atoms with Gasteiger partial charge in [0.2, 0.25) is 0 Å². The number of aliphatic carboxylic acids is 2. The molecule has 0 aromatic heterocycles. The molecule has 0 saturated heterocycles. The quantitative estimate of drug-likeness (QED) is 0.0462. The van der Waals surface area contributed by atoms with Crippen LogP contribution in [-0.4, -0.2) is 87.6 Å². The Morgan fingerprint density at radius 3 is 1.44 bits per heavy atom. The lowest BCUT2D eigenvalue weighted by Crippen LogP contribution is -2.44. The summed E-state index contributed by atoms with van der Waals surface area (Å²) in [7, 11) is -3.53. The molecule has 0 spiro atoms. The molecule has 0 amide bonds. The van der Waals surface area contributed by atoms with Gasteiger partial charge in [0.05, 0.1) is 37.7 Å². The van der Waals surface area contributed by atoms with Gasteiger partial charge in [-0.25, -0.2) is 0 Å². The number of ether oxygens (including phenoxy) is 3. The summed E-state index contributed by atoms with van der Waals surface area (Å²) in [4.78, 5) is 64.3. The highest BCUT2D eigenvalue weighted by Crippen LogP contribution is 2.27. The third-order valence-electron chi connectivity index (χ3n) is 6.23. The summed E-state index contributed by atoms with van der Waals surface area (Å²) in [5, 5.41) is 15.2. The Bertz CT molecular complexity index is 866. The first-order valence-corrected chi connectivity index (χ1v) is 21.2. The number of halogens is 2. The zero-order valence-corrected chi connectivity index (χ0v) is 29.6. The van der Waals surface area contributed by atoms with Crippen LogP contribution in [0.4, 0.5) is 0 Å². The molecule has 0 unspecified atom stereocenters. The second-order valence-electron chi connectivity index (χ2n) is 11.4. The molecule has 0 rings (SSSR count). The number of hydrogen-bond acceptors (Lipinski definition) is 10. The van der Waals surface area contributed by atoms with Crippen LogP contribution < -0.4 is 0 Å². The predicted molar refractivity (Wildman–Crippen MR) is 166 cm³/mol. The number of carbonyl (C=O) groups is 6. The molecule has 0 aromatic carbocycles. The lowest BCUT2D eigenvalue weighted by molar-refractivity contribution is -0.160. The Kier molecular flexibility index (Phi) is 22.8. The van der Waals surface area contributed by atoms with Crippen molar-refractivity contribution < 1.29 is 57.3 Å². The molecule has 0 heterocycles. The number of carbonyl (C=O) groups excluding carboxylic acids is 4. The fourth-order valence-electron chi connectivity index (χ4n) is 3.80. The maximum absolute atomic E-state index is 12.0. The van der Waals surface area contributed by atoms with E-state index in [0.717, 1.165) is 18.5 Å². The normalized spacial score (nSPS) is 11.6. The first kappa shape index (κ1) is 43.3. The smallest absolute Gasteiger partial charge is 0.306 e. The molecule has 43 heavy (non-hydrogen) atoms. The lowest BCUT2D eigenvalue weighted by Gasteiger charge is -2.34. The van der Waals surface area contributed by atoms with Crippen molar-refractivity contribution >= 4 is 74.2 Å². The molecule has 0 radical (unpaired) electrons. The SMILES string of the molecule is CCCC[Si](C)(C)O[Si](C)(C)CCCOCC(CC)(COC(=O)CCC(=O)O)COC(=O)CCC(=O)O.O=C(Cl)C(=O)Cl. The lowest BCUT2D eigenvalue weighted by atomic mass is 9.88. The van der Waals surface area contributed by atoms with E-state index in [-0.39, 0.29) is 45.5 Å². The van der Waals surface area contributed by atoms with Crippen LogP contribution in [0.5, 0.6) is 0 Å². The van der Waals surface area contributed by atoms with Gasteiger partial charge in [0.25, 0.3) is 0 Å². The highest BCUT2D eigenvalue weighted by atomic mass is 35.5. The highest BCUT2D eigenvalue weighted by molar-refractivity contribution is 6.97. The Morgan fingerprint density at radius 1 is 0.674 bits per heavy atom. The minimum absolute atomic E-state index is 0.102. The zero-order valence-electron chi connectivity index (χ0n) is 26.1. The molecular formula is C27H48Cl2O12Si2. The summed E-state index contributed by atoms with van der Waals surface area (Å²) in [6.45, 7) is 13.5. The first-order valence-electron chi connectivity index (χ1n) is 14.2. The summed E-state index contributed by atoms with van der Waals surface area (Å²) in [5.74, 6) is -3.50. The second kappa shape index (κ2) is 22.6. The van der Waals surface area contributed by atoms with Crippen LogP contribution in [0.25, 0.3) is 0 Å². The number of carboxylic acids is 2. The van der Waals surface area contributed by atoms with Gasteiger partial charge in [-0.2, -0.15) is 0 Å². The maximum atomic E-state index is 12.0. The van der Waals surface area contributed by atoms with E-state index < -0.39 is 56.4 Å². The Labute approximate surface area is 266 Å². The molecular weight excluding hydrogens is 643 g/mol. The third kappa shape index (κ3) is 25.2. The highest BCUT2D eigenvalue weighted by Gasteiger charge is 2.34. The van der Waals surface area contributed by atoms with E-state index >= 15 is 0 Å². The van der Waals surface area contributed by atoms with Gasteiger partial charge in [-0.3, -0.25) is 28.8 Å². The van der Waals surface area contributed by atoms with Gasteiger partial charge in [-0.05, 0) is 74.3 Å². The monoisotopic (exact) mass is 690 g/mol. The van der Waals surface area contributed by atoms with Gasteiger partial charge in [-0.15, -0.1) is 0 Å². The molecule has 12 nitrogen and oxygen atoms in total. The molecule has 2 N–H and O–H groups in total. The topological polar surface area (TPSA) is 180 Å². The molecule has 0 aliphatic heterocycles. The van der Waals surface area contributed by atoms with Crippen molar-refractivity contribution in [2.45, 2.75) is 103 Å². The first-order chi connectivity index (χ1) is 19.8. The van der Waals surface area contributed by atoms with Crippen LogP contribution in [-0.2, 0) is 47.1 Å². The average Bonchev–Trinajstić information content (AvgIpc) is 2.90. The summed E-state index contributed by atoms with van der Waals surface area (Å²) in [5.41, 5.74) is -0.823. The van der Waals surface area contributed by atoms with Crippen molar-refractivity contribution in [3.63, 3.8) is 0 Å². The van der Waals surface area contributed by atoms with Crippen LogP contribution in [0.2, 0.25) is 38.3 Å². The minimum atomic E-state index is -1.84. The number of hydrogen-bond donors (Lipinski definition) is 2. The molecule has 0 atom stereocenters. The summed E-state index contributed by atoms with van der Waals surface area (Å²) in [6.07, 6.45) is 2.45. The average molecular weight is 692 g/mol. The van der Waals surface area contributed by atoms with Crippen LogP contribution in [0, 0.1) is 5.41 Å². The third-order valence-corrected chi connectivity index (χ3v) is 14.2. The number of esters is 2. The molecule has 0 aliphatic carbocycles. The minimum Gasteiger partial charge on any atom is -0.481 e. The van der Waals surface area contributed by atoms with E-state index in [1.165, 1.54) is 12.8 Å². The molecule has 250 valence electrons. The zero-order chi connectivity index (χ0) is 33.7. The van der Waals surface area contributed by atoms with Crippen molar-refractivity contribution in [2.75, 3.05) is 26.4 Å². The van der Waals surface area contributed by atoms with Crippen molar-refractivity contribution in [3.8, 4) is 0 Å². The molecule has 0 bridgehead atoms. The number of rotatable bonds is 23. The fraction of sp³-hybridized carbons (Fsp3) is 0.778. The van der Waals surface area contributed by atoms with Gasteiger partial charge in [-0.1, -0.05) is 26.7 Å². The largest absolute Gasteiger partial charge is 0.481 e. The Balaban J connectivity index is 0. The number of unbranched alkanes of at least 4 members (excludes halogenated alkanes) is 1. The van der Waals surface area contributed by atoms with Crippen molar-refractivity contribution in [1.82, 2.24) is 0 Å². The van der Waals surface area contributed by atoms with Gasteiger partial charge in [0.1, 0.15) is 13.2 Å². The molecule has 0 aliphatic rings. The molecule has 0 saturated carbocycles. The Morgan fingerprint density at radius 2 is 1.09 bits per heavy atom. The van der Waals surface area contributed by atoms with E-state index in [1.807, 2.05) is 6.92 Å². The van der Waals surface area contributed by atoms with E-state index in [2.05, 4.69) is 56.3 Å². The van der Waals surface area contributed by atoms with Crippen molar-refractivity contribution in [1.29, 1.82) is 0 Å². The van der Waals surface area contributed by atoms with Crippen LogP contribution in [0.3, 0.4) is 0 Å². The maximum Gasteiger partial charge on any atom is 0.306 e. The molecule has 0 aromatic rings. The summed E-state index contributed by atoms with van der Waals surface area (Å²) < 4.78 is 23.2. The van der Waals surface area contributed by atoms with Gasteiger partial charge < -0.3 is 28.5 Å². The van der Waals surface area contributed by atoms with E-state index in [4.69, 9.17) is 28.5 Å². The molecule has 16 heteroatoms. The Hall–Kier alpha value is -1.85. The number of carboxylic acid groups (broad SMARTS) is 2. The summed E-state index contributed by atoms with van der Waals surface area (Å²) in [6, 6.07) is 2.11. The second-order valence-corrected chi connectivity index (χ2v) is 20.9. The van der Waals surface area contributed by atoms with Crippen molar-refractivity contribution in [2.24, 2.45) is 5.41 Å². The summed E-state index contributed by atoms with van der Waals surface area (Å²) >= 11 is 8.98. The van der Waals surface area contributed by atoms with E-state index in [1.54, 1.807) is 0 Å². The van der Waals surface area contributed by atoms with Gasteiger partial charge in [0, 0.05) is 6.61 Å². The van der Waals surface area contributed by atoms with Crippen molar-refractivity contribution in [3.05, 3.63) is 0 Å². The van der Waals surface area contributed by atoms with Gasteiger partial charge in [0.15, 0.2) is 16.6 Å². The predicted octanol–water partition coefficient (Wildman–Crippen LogP) is 5.35. The van der Waals surface area contributed by atoms with E-state index in [9.17, 15) is 28.8 Å². The standard InChI is InChI=1S/C25H48O10Si2.C2Cl2O2/c1-7-9-16-36(3,4)35-37(5,6)17-10-15-32-18-25(8-2,19-33-23(30)13-11-21(26)27)20-34-24(31)14-12-22(28)29;3-1(5)2(4)6/h7-20H2,1-6H3,(H,26,27)(H,28,29);. The van der Waals surface area contributed by atoms with Crippen LogP contribution >= 0.6 is 23.2 Å². The molecule has 0 fully saturated rings.